The summed E-state index contributed by atoms with van der Waals surface area (Å²) in [5, 5.41) is 3.11. The van der Waals surface area contributed by atoms with E-state index in [1.807, 2.05) is 61.5 Å². The Morgan fingerprint density at radius 2 is 1.81 bits per heavy atom. The second kappa shape index (κ2) is 7.45. The maximum Gasteiger partial charge on any atom is 0.327 e. The molecule has 0 spiro atoms. The van der Waals surface area contributed by atoms with Gasteiger partial charge in [-0.25, -0.2) is 4.79 Å². The number of esters is 1. The van der Waals surface area contributed by atoms with Gasteiger partial charge in [0.2, 0.25) is 0 Å². The molecule has 0 saturated heterocycles. The Kier molecular flexibility index (Phi) is 5.35. The van der Waals surface area contributed by atoms with Crippen molar-refractivity contribution in [3.8, 4) is 11.5 Å². The van der Waals surface area contributed by atoms with Gasteiger partial charge in [-0.3, -0.25) is 0 Å². The summed E-state index contributed by atoms with van der Waals surface area (Å²) in [4.78, 5) is 11.8. The number of hydrogen-bond acceptors (Lipinski definition) is 4. The van der Waals surface area contributed by atoms with Crippen LogP contribution in [-0.2, 0) is 9.53 Å². The number of ether oxygens (including phenoxy) is 2. The van der Waals surface area contributed by atoms with Gasteiger partial charge in [0.25, 0.3) is 0 Å². The number of hydrogen-bond donors (Lipinski definition) is 1. The van der Waals surface area contributed by atoms with E-state index in [0.717, 1.165) is 11.3 Å². The lowest BCUT2D eigenvalue weighted by Crippen LogP contribution is -2.29. The second-order valence-electron chi connectivity index (χ2n) is 4.50. The molecule has 4 nitrogen and oxygen atoms in total. The minimum atomic E-state index is -0.487. The van der Waals surface area contributed by atoms with Crippen molar-refractivity contribution >= 4 is 5.97 Å². The number of methoxy groups -OCH3 is 1. The van der Waals surface area contributed by atoms with E-state index in [1.54, 1.807) is 0 Å². The summed E-state index contributed by atoms with van der Waals surface area (Å²) < 4.78 is 10.6. The van der Waals surface area contributed by atoms with Crippen molar-refractivity contribution in [3.05, 3.63) is 60.2 Å². The van der Waals surface area contributed by atoms with E-state index in [9.17, 15) is 4.79 Å². The zero-order chi connectivity index (χ0) is 15.1. The van der Waals surface area contributed by atoms with Gasteiger partial charge in [-0.15, -0.1) is 0 Å². The van der Waals surface area contributed by atoms with Gasteiger partial charge in [0.1, 0.15) is 17.5 Å². The van der Waals surface area contributed by atoms with Crippen LogP contribution in [0.2, 0.25) is 0 Å². The molecule has 4 heteroatoms. The highest BCUT2D eigenvalue weighted by atomic mass is 16.5. The lowest BCUT2D eigenvalue weighted by molar-refractivity contribution is -0.143. The fourth-order valence-electron chi connectivity index (χ4n) is 2.04. The monoisotopic (exact) mass is 285 g/mol. The third kappa shape index (κ3) is 4.07. The average molecular weight is 285 g/mol. The molecule has 0 amide bonds. The van der Waals surface area contributed by atoms with E-state index in [4.69, 9.17) is 9.47 Å². The van der Waals surface area contributed by atoms with Gasteiger partial charge in [-0.1, -0.05) is 37.3 Å². The van der Waals surface area contributed by atoms with Crippen molar-refractivity contribution in [2.24, 2.45) is 0 Å². The molecule has 0 bridgehead atoms. The molecular weight excluding hydrogens is 266 g/mol. The lowest BCUT2D eigenvalue weighted by atomic mass is 10.1. The van der Waals surface area contributed by atoms with Gasteiger partial charge < -0.3 is 14.8 Å². The lowest BCUT2D eigenvalue weighted by Gasteiger charge is -2.16. The topological polar surface area (TPSA) is 47.6 Å². The molecule has 2 aromatic carbocycles. The van der Waals surface area contributed by atoms with Crippen LogP contribution in [0.5, 0.6) is 11.5 Å². The summed E-state index contributed by atoms with van der Waals surface area (Å²) in [6.07, 6.45) is 0. The molecule has 0 aromatic heterocycles. The first-order chi connectivity index (χ1) is 10.2. The zero-order valence-corrected chi connectivity index (χ0v) is 12.2. The van der Waals surface area contributed by atoms with Crippen LogP contribution >= 0.6 is 0 Å². The number of likely N-dealkylation sites (N-methyl/N-ethyl adjacent to an activating group) is 1. The molecule has 0 fully saturated rings. The molecule has 2 rings (SSSR count). The number of carbonyl (C=O) groups excluding carboxylic acids is 1. The number of carbonyl (C=O) groups is 1. The predicted octanol–water partition coefficient (Wildman–Crippen LogP) is 3.30. The van der Waals surface area contributed by atoms with Gasteiger partial charge >= 0.3 is 5.97 Å². The fraction of sp³-hybridized carbons (Fsp3) is 0.235. The minimum absolute atomic E-state index is 0.311. The highest BCUT2D eigenvalue weighted by Gasteiger charge is 2.20. The van der Waals surface area contributed by atoms with Crippen molar-refractivity contribution in [1.29, 1.82) is 0 Å². The van der Waals surface area contributed by atoms with Crippen molar-refractivity contribution in [2.75, 3.05) is 13.7 Å². The summed E-state index contributed by atoms with van der Waals surface area (Å²) in [5.74, 6) is 1.13. The van der Waals surface area contributed by atoms with Crippen molar-refractivity contribution in [1.82, 2.24) is 5.32 Å². The van der Waals surface area contributed by atoms with Crippen molar-refractivity contribution < 1.29 is 14.3 Å². The van der Waals surface area contributed by atoms with Gasteiger partial charge in [0.15, 0.2) is 0 Å². The van der Waals surface area contributed by atoms with Crippen LogP contribution in [0.3, 0.4) is 0 Å². The SMILES string of the molecule is CCNC(C(=O)OC)c1cccc(Oc2ccccc2)c1. The number of para-hydroxylation sites is 1. The molecule has 0 saturated carbocycles. The smallest absolute Gasteiger partial charge is 0.327 e. The Balaban J connectivity index is 2.21. The Labute approximate surface area is 124 Å². The Morgan fingerprint density at radius 3 is 2.48 bits per heavy atom. The van der Waals surface area contributed by atoms with Crippen LogP contribution in [0.25, 0.3) is 0 Å². The zero-order valence-electron chi connectivity index (χ0n) is 12.2. The molecule has 0 aliphatic carbocycles. The normalized spacial score (nSPS) is 11.7. The Bertz CT molecular complexity index is 584. The summed E-state index contributed by atoms with van der Waals surface area (Å²) in [5.41, 5.74) is 0.817. The van der Waals surface area contributed by atoms with Gasteiger partial charge in [0, 0.05) is 0 Å². The third-order valence-corrected chi connectivity index (χ3v) is 3.02. The third-order valence-electron chi connectivity index (χ3n) is 3.02. The van der Waals surface area contributed by atoms with E-state index < -0.39 is 6.04 Å². The van der Waals surface area contributed by atoms with E-state index >= 15 is 0 Å². The highest BCUT2D eigenvalue weighted by Crippen LogP contribution is 2.25. The first-order valence-corrected chi connectivity index (χ1v) is 6.88. The highest BCUT2D eigenvalue weighted by molar-refractivity contribution is 5.77. The molecule has 0 aliphatic rings. The van der Waals surface area contributed by atoms with Crippen molar-refractivity contribution in [3.63, 3.8) is 0 Å². The van der Waals surface area contributed by atoms with Gasteiger partial charge in [-0.2, -0.15) is 0 Å². The van der Waals surface area contributed by atoms with Gasteiger partial charge in [-0.05, 0) is 36.4 Å². The summed E-state index contributed by atoms with van der Waals surface area (Å²) >= 11 is 0. The standard InChI is InChI=1S/C17H19NO3/c1-3-18-16(17(19)20-2)13-8-7-11-15(12-13)21-14-9-5-4-6-10-14/h4-12,16,18H,3H2,1-2H3. The first-order valence-electron chi connectivity index (χ1n) is 6.88. The Morgan fingerprint density at radius 1 is 1.10 bits per heavy atom. The molecule has 2 aromatic rings. The summed E-state index contributed by atoms with van der Waals surface area (Å²) in [7, 11) is 1.39. The molecule has 21 heavy (non-hydrogen) atoms. The maximum atomic E-state index is 11.8. The molecule has 1 unspecified atom stereocenters. The summed E-state index contributed by atoms with van der Waals surface area (Å²) in [6.45, 7) is 2.61. The maximum absolute atomic E-state index is 11.8. The van der Waals surface area contributed by atoms with Crippen LogP contribution in [0.4, 0.5) is 0 Å². The largest absolute Gasteiger partial charge is 0.468 e. The number of rotatable bonds is 6. The molecule has 0 aliphatic heterocycles. The number of nitrogens with one attached hydrogen (secondary N) is 1. The van der Waals surface area contributed by atoms with Crippen LogP contribution in [-0.4, -0.2) is 19.6 Å². The molecule has 110 valence electrons. The molecule has 0 heterocycles. The quantitative estimate of drug-likeness (QED) is 0.827. The summed E-state index contributed by atoms with van der Waals surface area (Å²) in [6, 6.07) is 16.5. The Hall–Kier alpha value is -2.33. The molecule has 0 radical (unpaired) electrons. The van der Waals surface area contributed by atoms with E-state index in [1.165, 1.54) is 7.11 Å². The number of benzene rings is 2. The van der Waals surface area contributed by atoms with E-state index in [-0.39, 0.29) is 5.97 Å². The van der Waals surface area contributed by atoms with Crippen LogP contribution in [0.15, 0.2) is 54.6 Å². The average Bonchev–Trinajstić information content (AvgIpc) is 2.53. The minimum Gasteiger partial charge on any atom is -0.468 e. The first kappa shape index (κ1) is 15.1. The van der Waals surface area contributed by atoms with Gasteiger partial charge in [0.05, 0.1) is 7.11 Å². The van der Waals surface area contributed by atoms with Crippen LogP contribution in [0, 0.1) is 0 Å². The van der Waals surface area contributed by atoms with Crippen LogP contribution in [0.1, 0.15) is 18.5 Å². The fourth-order valence-corrected chi connectivity index (χ4v) is 2.04. The van der Waals surface area contributed by atoms with Crippen molar-refractivity contribution in [2.45, 2.75) is 13.0 Å². The van der Waals surface area contributed by atoms with E-state index in [0.29, 0.717) is 12.3 Å². The van der Waals surface area contributed by atoms with E-state index in [2.05, 4.69) is 5.32 Å². The molecular formula is C17H19NO3. The second-order valence-corrected chi connectivity index (χ2v) is 4.50. The van der Waals surface area contributed by atoms with Crippen LogP contribution < -0.4 is 10.1 Å². The molecule has 1 N–H and O–H groups in total. The molecule has 1 atom stereocenters. The predicted molar refractivity (Wildman–Crippen MR) is 81.4 cm³/mol.